The lowest BCUT2D eigenvalue weighted by molar-refractivity contribution is 0.194. The number of carbonyl (C=O) groups is 1. The summed E-state index contributed by atoms with van der Waals surface area (Å²) in [5.41, 5.74) is 7.81. The summed E-state index contributed by atoms with van der Waals surface area (Å²) >= 11 is 3.50. The molecule has 0 radical (unpaired) electrons. The van der Waals surface area contributed by atoms with E-state index in [2.05, 4.69) is 15.9 Å². The van der Waals surface area contributed by atoms with E-state index in [1.165, 1.54) is 0 Å². The van der Waals surface area contributed by atoms with E-state index in [0.29, 0.717) is 19.0 Å². The molecule has 0 bridgehead atoms. The molecule has 1 atom stereocenters. The standard InChI is InChI=1S/C13H18BrN3O/c1-9-3-4-11(5-12(9)14)17-8-10(6-15)7-16(2)13(17)18/h3-5,10H,6-8,15H2,1-2H3. The Morgan fingerprint density at radius 1 is 1.44 bits per heavy atom. The molecular formula is C13H18BrN3O. The van der Waals surface area contributed by atoms with E-state index in [1.807, 2.05) is 32.2 Å². The molecule has 0 aliphatic carbocycles. The smallest absolute Gasteiger partial charge is 0.324 e. The summed E-state index contributed by atoms with van der Waals surface area (Å²) < 4.78 is 1.02. The summed E-state index contributed by atoms with van der Waals surface area (Å²) in [4.78, 5) is 15.7. The van der Waals surface area contributed by atoms with E-state index < -0.39 is 0 Å². The van der Waals surface area contributed by atoms with Crippen LogP contribution in [0.2, 0.25) is 0 Å². The molecule has 1 saturated heterocycles. The topological polar surface area (TPSA) is 49.6 Å². The van der Waals surface area contributed by atoms with Crippen LogP contribution in [0.3, 0.4) is 0 Å². The van der Waals surface area contributed by atoms with Crippen LogP contribution in [0.1, 0.15) is 5.56 Å². The second-order valence-electron chi connectivity index (χ2n) is 4.81. The van der Waals surface area contributed by atoms with Gasteiger partial charge < -0.3 is 10.6 Å². The minimum Gasteiger partial charge on any atom is -0.330 e. The van der Waals surface area contributed by atoms with E-state index in [-0.39, 0.29) is 6.03 Å². The number of amides is 2. The van der Waals surface area contributed by atoms with Crippen LogP contribution in [0.5, 0.6) is 0 Å². The predicted octanol–water partition coefficient (Wildman–Crippen LogP) is 2.20. The van der Waals surface area contributed by atoms with Crippen molar-refractivity contribution in [2.75, 3.05) is 31.6 Å². The Bertz CT molecular complexity index is 464. The van der Waals surface area contributed by atoms with Gasteiger partial charge in [-0.2, -0.15) is 0 Å². The van der Waals surface area contributed by atoms with Crippen molar-refractivity contribution in [2.24, 2.45) is 11.7 Å². The van der Waals surface area contributed by atoms with Gasteiger partial charge in [-0.15, -0.1) is 0 Å². The van der Waals surface area contributed by atoms with Gasteiger partial charge in [-0.1, -0.05) is 22.0 Å². The number of rotatable bonds is 2. The molecule has 1 heterocycles. The zero-order valence-corrected chi connectivity index (χ0v) is 12.3. The minimum absolute atomic E-state index is 0.0375. The van der Waals surface area contributed by atoms with Crippen molar-refractivity contribution in [1.82, 2.24) is 4.90 Å². The molecule has 1 fully saturated rings. The minimum atomic E-state index is 0.0375. The van der Waals surface area contributed by atoms with Crippen molar-refractivity contribution in [3.63, 3.8) is 0 Å². The van der Waals surface area contributed by atoms with Gasteiger partial charge in [0.25, 0.3) is 0 Å². The first-order valence-electron chi connectivity index (χ1n) is 6.01. The molecular weight excluding hydrogens is 294 g/mol. The highest BCUT2D eigenvalue weighted by molar-refractivity contribution is 9.10. The fourth-order valence-corrected chi connectivity index (χ4v) is 2.55. The fourth-order valence-electron chi connectivity index (χ4n) is 2.18. The number of hydrogen-bond acceptors (Lipinski definition) is 2. The Morgan fingerprint density at radius 2 is 2.17 bits per heavy atom. The third kappa shape index (κ3) is 2.52. The predicted molar refractivity (Wildman–Crippen MR) is 76.8 cm³/mol. The van der Waals surface area contributed by atoms with Crippen LogP contribution in [0.25, 0.3) is 0 Å². The first-order chi connectivity index (χ1) is 8.52. The molecule has 0 aromatic heterocycles. The van der Waals surface area contributed by atoms with Gasteiger partial charge in [-0.05, 0) is 31.2 Å². The van der Waals surface area contributed by atoms with Crippen molar-refractivity contribution >= 4 is 27.6 Å². The number of hydrogen-bond donors (Lipinski definition) is 1. The second kappa shape index (κ2) is 5.28. The molecule has 98 valence electrons. The number of aryl methyl sites for hydroxylation is 1. The van der Waals surface area contributed by atoms with Gasteiger partial charge in [0.1, 0.15) is 0 Å². The molecule has 4 nitrogen and oxygen atoms in total. The highest BCUT2D eigenvalue weighted by atomic mass is 79.9. The SMILES string of the molecule is Cc1ccc(N2CC(CN)CN(C)C2=O)cc1Br. The lowest BCUT2D eigenvalue weighted by atomic mass is 10.1. The van der Waals surface area contributed by atoms with Crippen molar-refractivity contribution < 1.29 is 4.79 Å². The zero-order valence-electron chi connectivity index (χ0n) is 10.7. The number of nitrogens with two attached hydrogens (primary N) is 1. The third-order valence-electron chi connectivity index (χ3n) is 3.33. The van der Waals surface area contributed by atoms with Crippen LogP contribution in [0, 0.1) is 12.8 Å². The lowest BCUT2D eigenvalue weighted by Crippen LogP contribution is -2.53. The van der Waals surface area contributed by atoms with Crippen molar-refractivity contribution in [2.45, 2.75) is 6.92 Å². The van der Waals surface area contributed by atoms with Gasteiger partial charge >= 0.3 is 6.03 Å². The van der Waals surface area contributed by atoms with Gasteiger partial charge in [0.2, 0.25) is 0 Å². The lowest BCUT2D eigenvalue weighted by Gasteiger charge is -2.38. The van der Waals surface area contributed by atoms with E-state index in [9.17, 15) is 4.79 Å². The Morgan fingerprint density at radius 3 is 2.78 bits per heavy atom. The van der Waals surface area contributed by atoms with Crippen molar-refractivity contribution in [1.29, 1.82) is 0 Å². The largest absolute Gasteiger partial charge is 0.330 e. The Kier molecular flexibility index (Phi) is 3.92. The van der Waals surface area contributed by atoms with E-state index >= 15 is 0 Å². The van der Waals surface area contributed by atoms with Gasteiger partial charge in [0.05, 0.1) is 0 Å². The molecule has 0 saturated carbocycles. The van der Waals surface area contributed by atoms with E-state index in [1.54, 1.807) is 9.80 Å². The average molecular weight is 312 g/mol. The fraction of sp³-hybridized carbons (Fsp3) is 0.462. The quantitative estimate of drug-likeness (QED) is 0.910. The third-order valence-corrected chi connectivity index (χ3v) is 4.19. The van der Waals surface area contributed by atoms with Crippen LogP contribution in [0.4, 0.5) is 10.5 Å². The molecule has 18 heavy (non-hydrogen) atoms. The van der Waals surface area contributed by atoms with Gasteiger partial charge in [-0.3, -0.25) is 4.90 Å². The highest BCUT2D eigenvalue weighted by Gasteiger charge is 2.29. The number of benzene rings is 1. The van der Waals surface area contributed by atoms with E-state index in [0.717, 1.165) is 22.3 Å². The van der Waals surface area contributed by atoms with Crippen molar-refractivity contribution in [3.8, 4) is 0 Å². The maximum absolute atomic E-state index is 12.2. The Labute approximate surface area is 116 Å². The molecule has 0 spiro atoms. The maximum Gasteiger partial charge on any atom is 0.324 e. The monoisotopic (exact) mass is 311 g/mol. The summed E-state index contributed by atoms with van der Waals surface area (Å²) in [6, 6.07) is 6.01. The highest BCUT2D eigenvalue weighted by Crippen LogP contribution is 2.26. The molecule has 2 amide bonds. The molecule has 1 aromatic carbocycles. The maximum atomic E-state index is 12.2. The molecule has 2 N–H and O–H groups in total. The number of carbonyl (C=O) groups excluding carboxylic acids is 1. The number of anilines is 1. The zero-order chi connectivity index (χ0) is 13.3. The summed E-state index contributed by atoms with van der Waals surface area (Å²) in [7, 11) is 1.82. The van der Waals surface area contributed by atoms with Gasteiger partial charge in [0.15, 0.2) is 0 Å². The molecule has 1 aliphatic rings. The van der Waals surface area contributed by atoms with Crippen molar-refractivity contribution in [3.05, 3.63) is 28.2 Å². The first-order valence-corrected chi connectivity index (χ1v) is 6.81. The summed E-state index contributed by atoms with van der Waals surface area (Å²) in [6.07, 6.45) is 0. The van der Waals surface area contributed by atoms with Crippen LogP contribution in [0.15, 0.2) is 22.7 Å². The molecule has 1 aromatic rings. The summed E-state index contributed by atoms with van der Waals surface area (Å²) in [5.74, 6) is 0.327. The van der Waals surface area contributed by atoms with Crippen LogP contribution in [-0.4, -0.2) is 37.6 Å². The Balaban J connectivity index is 2.29. The number of urea groups is 1. The van der Waals surface area contributed by atoms with Gasteiger partial charge in [-0.25, -0.2) is 4.79 Å². The van der Waals surface area contributed by atoms with Crippen LogP contribution >= 0.6 is 15.9 Å². The summed E-state index contributed by atoms with van der Waals surface area (Å²) in [5, 5.41) is 0. The molecule has 2 rings (SSSR count). The average Bonchev–Trinajstić information content (AvgIpc) is 2.36. The molecule has 1 unspecified atom stereocenters. The first kappa shape index (κ1) is 13.4. The molecule has 5 heteroatoms. The number of halogens is 1. The normalized spacial score (nSPS) is 20.4. The Hall–Kier alpha value is -1.07. The number of nitrogens with zero attached hydrogens (tertiary/aromatic N) is 2. The molecule has 1 aliphatic heterocycles. The van der Waals surface area contributed by atoms with Crippen LogP contribution in [-0.2, 0) is 0 Å². The van der Waals surface area contributed by atoms with E-state index in [4.69, 9.17) is 5.73 Å². The summed E-state index contributed by atoms with van der Waals surface area (Å²) in [6.45, 7) is 4.05. The van der Waals surface area contributed by atoms with Gasteiger partial charge in [0, 0.05) is 36.2 Å². The van der Waals surface area contributed by atoms with Crippen LogP contribution < -0.4 is 10.6 Å². The second-order valence-corrected chi connectivity index (χ2v) is 5.66.